The molecule has 4 nitrogen and oxygen atoms in total. The van der Waals surface area contributed by atoms with Gasteiger partial charge in [-0.2, -0.15) is 0 Å². The van der Waals surface area contributed by atoms with Crippen LogP contribution >= 0.6 is 11.8 Å². The highest BCUT2D eigenvalue weighted by atomic mass is 32.2. The molecule has 0 bridgehead atoms. The molecule has 0 aliphatic heterocycles. The lowest BCUT2D eigenvalue weighted by Crippen LogP contribution is -1.99. The van der Waals surface area contributed by atoms with E-state index in [4.69, 9.17) is 5.11 Å². The molecule has 0 aromatic carbocycles. The molecule has 92 valence electrons. The number of carboxylic acids is 1. The van der Waals surface area contributed by atoms with Crippen molar-refractivity contribution in [3.63, 3.8) is 0 Å². The normalized spacial score (nSPS) is 10.3. The van der Waals surface area contributed by atoms with Gasteiger partial charge in [0, 0.05) is 23.0 Å². The SMILES string of the molecule is Cc1cccnc1CSc1ccnc(C(=O)O)c1. The van der Waals surface area contributed by atoms with Gasteiger partial charge in [-0.25, -0.2) is 9.78 Å². The number of aryl methyl sites for hydroxylation is 1. The first-order valence-corrected chi connectivity index (χ1v) is 6.38. The summed E-state index contributed by atoms with van der Waals surface area (Å²) in [6.07, 6.45) is 3.27. The Bertz CT molecular complexity index is 572. The van der Waals surface area contributed by atoms with Crippen LogP contribution in [0.3, 0.4) is 0 Å². The Hall–Kier alpha value is -1.88. The lowest BCUT2D eigenvalue weighted by atomic mass is 10.2. The van der Waals surface area contributed by atoms with E-state index in [1.54, 1.807) is 30.1 Å². The molecule has 0 fully saturated rings. The fraction of sp³-hybridized carbons (Fsp3) is 0.154. The van der Waals surface area contributed by atoms with Crippen LogP contribution in [0.2, 0.25) is 0 Å². The molecule has 2 rings (SSSR count). The second kappa shape index (κ2) is 5.64. The Morgan fingerprint density at radius 3 is 2.89 bits per heavy atom. The van der Waals surface area contributed by atoms with Crippen LogP contribution in [0.15, 0.2) is 41.6 Å². The average Bonchev–Trinajstić information content (AvgIpc) is 2.38. The zero-order chi connectivity index (χ0) is 13.0. The van der Waals surface area contributed by atoms with Gasteiger partial charge >= 0.3 is 5.97 Å². The minimum Gasteiger partial charge on any atom is -0.477 e. The second-order valence-corrected chi connectivity index (χ2v) is 4.79. The number of carboxylic acid groups (broad SMARTS) is 1. The van der Waals surface area contributed by atoms with Gasteiger partial charge in [0.05, 0.1) is 5.69 Å². The summed E-state index contributed by atoms with van der Waals surface area (Å²) >= 11 is 1.55. The standard InChI is InChI=1S/C13H12N2O2S/c1-9-3-2-5-14-12(9)8-18-10-4-6-15-11(7-10)13(16)17/h2-7H,8H2,1H3,(H,16,17). The first-order valence-electron chi connectivity index (χ1n) is 5.39. The number of thioether (sulfide) groups is 1. The number of aromatic carboxylic acids is 1. The minimum atomic E-state index is -1.01. The van der Waals surface area contributed by atoms with E-state index >= 15 is 0 Å². The zero-order valence-corrected chi connectivity index (χ0v) is 10.6. The van der Waals surface area contributed by atoms with E-state index in [0.29, 0.717) is 0 Å². The number of hydrogen-bond acceptors (Lipinski definition) is 4. The molecule has 0 amide bonds. The van der Waals surface area contributed by atoms with Gasteiger partial charge in [-0.1, -0.05) is 6.07 Å². The van der Waals surface area contributed by atoms with Crippen LogP contribution in [0.5, 0.6) is 0 Å². The Kier molecular flexibility index (Phi) is 3.94. The summed E-state index contributed by atoms with van der Waals surface area (Å²) < 4.78 is 0. The van der Waals surface area contributed by atoms with Crippen LogP contribution in [0.1, 0.15) is 21.7 Å². The first kappa shape index (κ1) is 12.6. The molecule has 0 aliphatic rings. The van der Waals surface area contributed by atoms with Gasteiger partial charge in [-0.15, -0.1) is 11.8 Å². The summed E-state index contributed by atoms with van der Waals surface area (Å²) in [7, 11) is 0. The van der Waals surface area contributed by atoms with E-state index in [-0.39, 0.29) is 5.69 Å². The third-order valence-corrected chi connectivity index (χ3v) is 3.45. The quantitative estimate of drug-likeness (QED) is 0.856. The molecule has 1 N–H and O–H groups in total. The van der Waals surface area contributed by atoms with E-state index in [1.807, 2.05) is 19.1 Å². The molecule has 0 saturated heterocycles. The van der Waals surface area contributed by atoms with E-state index in [0.717, 1.165) is 21.9 Å². The summed E-state index contributed by atoms with van der Waals surface area (Å²) in [6.45, 7) is 2.01. The maximum Gasteiger partial charge on any atom is 0.354 e. The van der Waals surface area contributed by atoms with Gasteiger partial charge < -0.3 is 5.11 Å². The summed E-state index contributed by atoms with van der Waals surface area (Å²) in [5.41, 5.74) is 2.21. The van der Waals surface area contributed by atoms with Crippen molar-refractivity contribution in [1.82, 2.24) is 9.97 Å². The molecule has 0 spiro atoms. The highest BCUT2D eigenvalue weighted by Crippen LogP contribution is 2.23. The van der Waals surface area contributed by atoms with E-state index < -0.39 is 5.97 Å². The Morgan fingerprint density at radius 1 is 1.33 bits per heavy atom. The molecular weight excluding hydrogens is 248 g/mol. The topological polar surface area (TPSA) is 63.1 Å². The smallest absolute Gasteiger partial charge is 0.354 e. The lowest BCUT2D eigenvalue weighted by molar-refractivity contribution is 0.0690. The summed E-state index contributed by atoms with van der Waals surface area (Å²) in [4.78, 5) is 19.8. The third-order valence-electron chi connectivity index (χ3n) is 2.44. The van der Waals surface area contributed by atoms with E-state index in [9.17, 15) is 4.79 Å². The number of nitrogens with zero attached hydrogens (tertiary/aromatic N) is 2. The van der Waals surface area contributed by atoms with Crippen molar-refractivity contribution < 1.29 is 9.90 Å². The fourth-order valence-corrected chi connectivity index (χ4v) is 2.40. The fourth-order valence-electron chi connectivity index (χ4n) is 1.44. The lowest BCUT2D eigenvalue weighted by Gasteiger charge is -2.04. The van der Waals surface area contributed by atoms with Crippen LogP contribution in [-0.2, 0) is 5.75 Å². The maximum absolute atomic E-state index is 10.8. The molecule has 2 aromatic rings. The van der Waals surface area contributed by atoms with Crippen molar-refractivity contribution in [2.45, 2.75) is 17.6 Å². The van der Waals surface area contributed by atoms with E-state index in [2.05, 4.69) is 9.97 Å². The van der Waals surface area contributed by atoms with Gasteiger partial charge in [0.2, 0.25) is 0 Å². The monoisotopic (exact) mass is 260 g/mol. The molecule has 0 aliphatic carbocycles. The van der Waals surface area contributed by atoms with Crippen LogP contribution in [0.4, 0.5) is 0 Å². The van der Waals surface area contributed by atoms with Crippen molar-refractivity contribution in [3.05, 3.63) is 53.6 Å². The highest BCUT2D eigenvalue weighted by molar-refractivity contribution is 7.98. The molecule has 0 radical (unpaired) electrons. The van der Waals surface area contributed by atoms with Crippen LogP contribution in [0.25, 0.3) is 0 Å². The highest BCUT2D eigenvalue weighted by Gasteiger charge is 2.06. The molecular formula is C13H12N2O2S. The van der Waals surface area contributed by atoms with E-state index in [1.165, 1.54) is 6.20 Å². The molecule has 2 aromatic heterocycles. The molecule has 2 heterocycles. The number of rotatable bonds is 4. The van der Waals surface area contributed by atoms with Gasteiger partial charge in [-0.05, 0) is 30.7 Å². The second-order valence-electron chi connectivity index (χ2n) is 3.74. The van der Waals surface area contributed by atoms with Crippen molar-refractivity contribution in [1.29, 1.82) is 0 Å². The molecule has 0 unspecified atom stereocenters. The van der Waals surface area contributed by atoms with Gasteiger partial charge in [0.25, 0.3) is 0 Å². The van der Waals surface area contributed by atoms with Crippen molar-refractivity contribution >= 4 is 17.7 Å². The van der Waals surface area contributed by atoms with Crippen LogP contribution < -0.4 is 0 Å². The number of pyridine rings is 2. The predicted molar refractivity (Wildman–Crippen MR) is 69.7 cm³/mol. The number of hydrogen-bond donors (Lipinski definition) is 1. The Labute approximate surface area is 109 Å². The van der Waals surface area contributed by atoms with Crippen LogP contribution in [-0.4, -0.2) is 21.0 Å². The van der Waals surface area contributed by atoms with Crippen molar-refractivity contribution in [3.8, 4) is 0 Å². The maximum atomic E-state index is 10.8. The minimum absolute atomic E-state index is 0.0674. The van der Waals surface area contributed by atoms with Gasteiger partial charge in [-0.3, -0.25) is 4.98 Å². The van der Waals surface area contributed by atoms with Gasteiger partial charge in [0.15, 0.2) is 0 Å². The first-order chi connectivity index (χ1) is 8.66. The summed E-state index contributed by atoms with van der Waals surface area (Å²) in [5.74, 6) is -0.290. The van der Waals surface area contributed by atoms with Crippen molar-refractivity contribution in [2.24, 2.45) is 0 Å². The molecule has 0 atom stereocenters. The Balaban J connectivity index is 2.09. The third kappa shape index (κ3) is 3.07. The number of carbonyl (C=O) groups is 1. The van der Waals surface area contributed by atoms with Gasteiger partial charge in [0.1, 0.15) is 5.69 Å². The number of aromatic nitrogens is 2. The molecule has 18 heavy (non-hydrogen) atoms. The zero-order valence-electron chi connectivity index (χ0n) is 9.83. The largest absolute Gasteiger partial charge is 0.477 e. The molecule has 0 saturated carbocycles. The average molecular weight is 260 g/mol. The summed E-state index contributed by atoms with van der Waals surface area (Å²) in [5, 5.41) is 8.85. The summed E-state index contributed by atoms with van der Waals surface area (Å²) in [6, 6.07) is 7.29. The Morgan fingerprint density at radius 2 is 2.17 bits per heavy atom. The van der Waals surface area contributed by atoms with Crippen LogP contribution in [0, 0.1) is 6.92 Å². The van der Waals surface area contributed by atoms with Crippen molar-refractivity contribution in [2.75, 3.05) is 0 Å². The predicted octanol–water partition coefficient (Wildman–Crippen LogP) is 2.78. The molecule has 5 heteroatoms.